The molecular weight excluding hydrogens is 182 g/mol. The number of nitrogens with zero attached hydrogens (tertiary/aromatic N) is 3. The van der Waals surface area contributed by atoms with Crippen molar-refractivity contribution in [3.8, 4) is 0 Å². The van der Waals surface area contributed by atoms with Gasteiger partial charge in [-0.15, -0.1) is 0 Å². The zero-order valence-electron chi connectivity index (χ0n) is 7.29. The SMILES string of the molecule is Nc1ccnc(=O)[nH]1.c1cncnc1. The van der Waals surface area contributed by atoms with E-state index in [1.807, 2.05) is 0 Å². The summed E-state index contributed by atoms with van der Waals surface area (Å²) in [6, 6.07) is 3.29. The molecule has 6 heteroatoms. The van der Waals surface area contributed by atoms with Crippen molar-refractivity contribution in [3.05, 3.63) is 47.5 Å². The van der Waals surface area contributed by atoms with Gasteiger partial charge in [0.2, 0.25) is 0 Å². The molecule has 0 atom stereocenters. The van der Waals surface area contributed by atoms with Crippen LogP contribution in [0, 0.1) is 0 Å². The highest BCUT2D eigenvalue weighted by Crippen LogP contribution is 1.82. The first kappa shape index (κ1) is 9.85. The van der Waals surface area contributed by atoms with E-state index >= 15 is 0 Å². The molecule has 0 fully saturated rings. The van der Waals surface area contributed by atoms with Gasteiger partial charge in [-0.05, 0) is 12.1 Å². The standard InChI is InChI=1S/C4H5N3O.C4H4N2/c5-3-1-2-6-4(8)7-3;1-2-5-4-6-3-1/h1-2H,(H3,5,6,7,8);1-4H. The van der Waals surface area contributed by atoms with E-state index < -0.39 is 5.69 Å². The van der Waals surface area contributed by atoms with Gasteiger partial charge in [-0.1, -0.05) is 0 Å². The zero-order valence-corrected chi connectivity index (χ0v) is 7.29. The second kappa shape index (κ2) is 5.41. The lowest BCUT2D eigenvalue weighted by Gasteiger charge is -1.84. The van der Waals surface area contributed by atoms with Crippen LogP contribution in [0.4, 0.5) is 5.82 Å². The second-order valence-electron chi connectivity index (χ2n) is 2.23. The molecule has 0 aliphatic carbocycles. The Morgan fingerprint density at radius 1 is 1.21 bits per heavy atom. The first-order valence-corrected chi connectivity index (χ1v) is 3.80. The van der Waals surface area contributed by atoms with E-state index in [9.17, 15) is 4.79 Å². The maximum absolute atomic E-state index is 10.2. The highest BCUT2D eigenvalue weighted by atomic mass is 16.1. The molecule has 0 amide bonds. The summed E-state index contributed by atoms with van der Waals surface area (Å²) in [5, 5.41) is 0. The minimum atomic E-state index is -0.412. The van der Waals surface area contributed by atoms with Gasteiger partial charge in [0.1, 0.15) is 12.1 Å². The molecule has 0 aliphatic heterocycles. The van der Waals surface area contributed by atoms with Gasteiger partial charge in [0, 0.05) is 18.6 Å². The molecular formula is C8H9N5O. The fourth-order valence-corrected chi connectivity index (χ4v) is 0.636. The average Bonchev–Trinajstić information content (AvgIpc) is 2.21. The van der Waals surface area contributed by atoms with Gasteiger partial charge in [0.05, 0.1) is 0 Å². The summed E-state index contributed by atoms with van der Waals surface area (Å²) in [6.07, 6.45) is 6.23. The van der Waals surface area contributed by atoms with Crippen LogP contribution in [-0.4, -0.2) is 19.9 Å². The number of hydrogen-bond acceptors (Lipinski definition) is 5. The van der Waals surface area contributed by atoms with Crippen LogP contribution >= 0.6 is 0 Å². The second-order valence-corrected chi connectivity index (χ2v) is 2.23. The van der Waals surface area contributed by atoms with Crippen LogP contribution < -0.4 is 11.4 Å². The summed E-state index contributed by atoms with van der Waals surface area (Å²) in [7, 11) is 0. The van der Waals surface area contributed by atoms with Gasteiger partial charge >= 0.3 is 5.69 Å². The monoisotopic (exact) mass is 191 g/mol. The quantitative estimate of drug-likeness (QED) is 0.602. The minimum Gasteiger partial charge on any atom is -0.385 e. The Morgan fingerprint density at radius 2 is 1.93 bits per heavy atom. The summed E-state index contributed by atoms with van der Waals surface area (Å²) < 4.78 is 0. The third-order valence-corrected chi connectivity index (χ3v) is 1.17. The number of H-pyrrole nitrogens is 1. The molecule has 2 rings (SSSR count). The van der Waals surface area contributed by atoms with E-state index in [1.54, 1.807) is 18.5 Å². The zero-order chi connectivity index (χ0) is 10.2. The van der Waals surface area contributed by atoms with Crippen molar-refractivity contribution in [2.24, 2.45) is 0 Å². The van der Waals surface area contributed by atoms with Crippen molar-refractivity contribution in [1.29, 1.82) is 0 Å². The maximum Gasteiger partial charge on any atom is 0.346 e. The summed E-state index contributed by atoms with van der Waals surface area (Å²) in [4.78, 5) is 23.2. The molecule has 2 aromatic heterocycles. The highest BCUT2D eigenvalue weighted by Gasteiger charge is 1.80. The molecule has 0 aliphatic rings. The van der Waals surface area contributed by atoms with E-state index in [0.717, 1.165) is 0 Å². The third kappa shape index (κ3) is 3.96. The molecule has 0 bridgehead atoms. The van der Waals surface area contributed by atoms with E-state index in [-0.39, 0.29) is 0 Å². The summed E-state index contributed by atoms with van der Waals surface area (Å²) >= 11 is 0. The van der Waals surface area contributed by atoms with Crippen molar-refractivity contribution in [2.75, 3.05) is 5.73 Å². The number of nitrogens with one attached hydrogen (secondary N) is 1. The van der Waals surface area contributed by atoms with Crippen LogP contribution in [0.3, 0.4) is 0 Å². The fraction of sp³-hybridized carbons (Fsp3) is 0. The van der Waals surface area contributed by atoms with Crippen LogP contribution in [-0.2, 0) is 0 Å². The maximum atomic E-state index is 10.2. The Labute approximate surface area is 79.9 Å². The topological polar surface area (TPSA) is 97.5 Å². The molecule has 0 unspecified atom stereocenters. The average molecular weight is 191 g/mol. The number of aromatic nitrogens is 4. The largest absolute Gasteiger partial charge is 0.385 e. The Hall–Kier alpha value is -2.24. The van der Waals surface area contributed by atoms with Crippen LogP contribution in [0.1, 0.15) is 0 Å². The predicted octanol–water partition coefficient (Wildman–Crippen LogP) is -0.171. The molecule has 14 heavy (non-hydrogen) atoms. The molecule has 0 radical (unpaired) electrons. The van der Waals surface area contributed by atoms with Crippen molar-refractivity contribution in [3.63, 3.8) is 0 Å². The number of hydrogen-bond donors (Lipinski definition) is 2. The van der Waals surface area contributed by atoms with Crippen molar-refractivity contribution < 1.29 is 0 Å². The molecule has 6 nitrogen and oxygen atoms in total. The predicted molar refractivity (Wildman–Crippen MR) is 51.3 cm³/mol. The lowest BCUT2D eigenvalue weighted by molar-refractivity contribution is 1.08. The number of aromatic amines is 1. The van der Waals surface area contributed by atoms with Crippen LogP contribution in [0.5, 0.6) is 0 Å². The number of anilines is 1. The third-order valence-electron chi connectivity index (χ3n) is 1.17. The lowest BCUT2D eigenvalue weighted by Crippen LogP contribution is -2.10. The van der Waals surface area contributed by atoms with Crippen molar-refractivity contribution >= 4 is 5.82 Å². The van der Waals surface area contributed by atoms with Crippen LogP contribution in [0.15, 0.2) is 41.8 Å². The van der Waals surface area contributed by atoms with Gasteiger partial charge in [0.15, 0.2) is 0 Å². The van der Waals surface area contributed by atoms with E-state index in [4.69, 9.17) is 5.73 Å². The van der Waals surface area contributed by atoms with Gasteiger partial charge in [-0.25, -0.2) is 19.7 Å². The smallest absolute Gasteiger partial charge is 0.346 e. The molecule has 0 aromatic carbocycles. The molecule has 2 aromatic rings. The number of nitrogen functional groups attached to an aromatic ring is 1. The van der Waals surface area contributed by atoms with Gasteiger partial charge in [0.25, 0.3) is 0 Å². The molecule has 0 spiro atoms. The van der Waals surface area contributed by atoms with E-state index in [2.05, 4.69) is 19.9 Å². The molecule has 0 saturated heterocycles. The molecule has 0 saturated carbocycles. The van der Waals surface area contributed by atoms with Crippen molar-refractivity contribution in [1.82, 2.24) is 19.9 Å². The van der Waals surface area contributed by atoms with E-state index in [1.165, 1.54) is 18.6 Å². The van der Waals surface area contributed by atoms with E-state index in [0.29, 0.717) is 5.82 Å². The van der Waals surface area contributed by atoms with Crippen LogP contribution in [0.25, 0.3) is 0 Å². The minimum absolute atomic E-state index is 0.338. The summed E-state index contributed by atoms with van der Waals surface area (Å²) in [5.41, 5.74) is 4.75. The molecule has 2 heterocycles. The number of nitrogens with two attached hydrogens (primary N) is 1. The molecule has 72 valence electrons. The highest BCUT2D eigenvalue weighted by molar-refractivity contribution is 5.22. The Bertz CT molecular complexity index is 387. The van der Waals surface area contributed by atoms with Crippen molar-refractivity contribution in [2.45, 2.75) is 0 Å². The first-order chi connectivity index (χ1) is 6.79. The Kier molecular flexibility index (Phi) is 3.81. The lowest BCUT2D eigenvalue weighted by atomic mass is 10.6. The van der Waals surface area contributed by atoms with Crippen LogP contribution in [0.2, 0.25) is 0 Å². The molecule has 3 N–H and O–H groups in total. The summed E-state index contributed by atoms with van der Waals surface area (Å²) in [6.45, 7) is 0. The van der Waals surface area contributed by atoms with Gasteiger partial charge < -0.3 is 5.73 Å². The Morgan fingerprint density at radius 3 is 2.21 bits per heavy atom. The normalized spacial score (nSPS) is 8.57. The fourth-order valence-electron chi connectivity index (χ4n) is 0.636. The van der Waals surface area contributed by atoms with Gasteiger partial charge in [-0.2, -0.15) is 0 Å². The van der Waals surface area contributed by atoms with Gasteiger partial charge in [-0.3, -0.25) is 4.98 Å². The first-order valence-electron chi connectivity index (χ1n) is 3.80. The summed E-state index contributed by atoms with van der Waals surface area (Å²) in [5.74, 6) is 0.338. The Balaban J connectivity index is 0.000000146. The number of rotatable bonds is 0.